The van der Waals surface area contributed by atoms with E-state index in [0.29, 0.717) is 0 Å². The molecular weight excluding hydrogens is 273 g/mol. The topological polar surface area (TPSA) is 4.93 Å². The molecule has 0 radical (unpaired) electrons. The summed E-state index contributed by atoms with van der Waals surface area (Å²) in [7, 11) is 0. The first-order valence-corrected chi connectivity index (χ1v) is 7.88. The van der Waals surface area contributed by atoms with Crippen LogP contribution in [0.5, 0.6) is 0 Å². The second-order valence-electron chi connectivity index (χ2n) is 6.93. The lowest BCUT2D eigenvalue weighted by atomic mass is 9.90. The number of hydrogen-bond acceptors (Lipinski definition) is 0. The second kappa shape index (κ2) is 4.45. The Hall–Kier alpha value is -2.09. The highest BCUT2D eigenvalue weighted by atomic mass is 19.1. The van der Waals surface area contributed by atoms with Crippen molar-refractivity contribution >= 4 is 10.9 Å². The van der Waals surface area contributed by atoms with Crippen LogP contribution in [0, 0.1) is 12.7 Å². The molecule has 0 N–H and O–H groups in total. The maximum Gasteiger partial charge on any atom is 0.123 e. The van der Waals surface area contributed by atoms with Gasteiger partial charge in [-0.15, -0.1) is 0 Å². The zero-order valence-corrected chi connectivity index (χ0v) is 13.3. The van der Waals surface area contributed by atoms with Crippen LogP contribution < -0.4 is 0 Å². The molecule has 0 fully saturated rings. The van der Waals surface area contributed by atoms with Gasteiger partial charge in [0.1, 0.15) is 5.82 Å². The molecule has 0 saturated carbocycles. The molecule has 1 aliphatic rings. The van der Waals surface area contributed by atoms with Gasteiger partial charge in [-0.2, -0.15) is 0 Å². The van der Waals surface area contributed by atoms with E-state index < -0.39 is 0 Å². The van der Waals surface area contributed by atoms with Crippen LogP contribution in [0.15, 0.2) is 42.5 Å². The van der Waals surface area contributed by atoms with E-state index >= 15 is 0 Å². The smallest absolute Gasteiger partial charge is 0.123 e. The quantitative estimate of drug-likeness (QED) is 0.563. The molecule has 2 aromatic carbocycles. The van der Waals surface area contributed by atoms with Gasteiger partial charge in [-0.3, -0.25) is 0 Å². The van der Waals surface area contributed by atoms with Crippen molar-refractivity contribution in [2.45, 2.75) is 39.2 Å². The van der Waals surface area contributed by atoms with Crippen molar-refractivity contribution < 1.29 is 4.39 Å². The molecule has 1 nitrogen and oxygen atoms in total. The van der Waals surface area contributed by atoms with Crippen LogP contribution >= 0.6 is 0 Å². The van der Waals surface area contributed by atoms with Gasteiger partial charge < -0.3 is 4.57 Å². The van der Waals surface area contributed by atoms with Crippen LogP contribution in [0.1, 0.15) is 31.5 Å². The third-order valence-electron chi connectivity index (χ3n) is 5.05. The van der Waals surface area contributed by atoms with Gasteiger partial charge in [0.15, 0.2) is 0 Å². The van der Waals surface area contributed by atoms with E-state index in [9.17, 15) is 4.39 Å². The van der Waals surface area contributed by atoms with Crippen LogP contribution in [-0.4, -0.2) is 4.57 Å². The maximum absolute atomic E-state index is 13.3. The van der Waals surface area contributed by atoms with E-state index in [1.807, 2.05) is 12.1 Å². The normalized spacial score (nSPS) is 16.2. The Balaban J connectivity index is 2.12. The lowest BCUT2D eigenvalue weighted by molar-refractivity contribution is 0.322. The zero-order valence-electron chi connectivity index (χ0n) is 13.3. The van der Waals surface area contributed by atoms with Crippen LogP contribution in [0.2, 0.25) is 0 Å². The molecule has 0 atom stereocenters. The lowest BCUT2D eigenvalue weighted by Gasteiger charge is -2.34. The van der Waals surface area contributed by atoms with Gasteiger partial charge in [-0.1, -0.05) is 30.3 Å². The van der Waals surface area contributed by atoms with E-state index in [4.69, 9.17) is 0 Å². The van der Waals surface area contributed by atoms with Crippen molar-refractivity contribution in [3.63, 3.8) is 0 Å². The first-order chi connectivity index (χ1) is 10.5. The van der Waals surface area contributed by atoms with Crippen LogP contribution in [0.4, 0.5) is 4.39 Å². The molecule has 0 amide bonds. The first kappa shape index (κ1) is 13.6. The Morgan fingerprint density at radius 2 is 1.77 bits per heavy atom. The predicted molar refractivity (Wildman–Crippen MR) is 89.7 cm³/mol. The summed E-state index contributed by atoms with van der Waals surface area (Å²) in [5.74, 6) is -0.185. The maximum atomic E-state index is 13.3. The summed E-state index contributed by atoms with van der Waals surface area (Å²) in [6.07, 6.45) is 2.27. The summed E-state index contributed by atoms with van der Waals surface area (Å²) in [4.78, 5) is 0. The Morgan fingerprint density at radius 3 is 2.50 bits per heavy atom. The molecule has 22 heavy (non-hydrogen) atoms. The molecule has 1 aromatic heterocycles. The summed E-state index contributed by atoms with van der Waals surface area (Å²) in [5, 5.41) is 1.29. The van der Waals surface area contributed by atoms with Gasteiger partial charge >= 0.3 is 0 Å². The minimum absolute atomic E-state index is 0.120. The van der Waals surface area contributed by atoms with Crippen molar-refractivity contribution in [1.82, 2.24) is 4.57 Å². The average Bonchev–Trinajstić information content (AvgIpc) is 2.79. The number of hydrogen-bond donors (Lipinski definition) is 0. The molecule has 2 heterocycles. The molecule has 0 spiro atoms. The highest BCUT2D eigenvalue weighted by Crippen LogP contribution is 2.43. The standard InChI is InChI=1S/C20H20FN/c1-13-18(14-7-9-16(21)10-8-14)17-6-4-5-15-11-12-20(2,3)22(13)19(15)17/h4-10H,11-12H2,1-3H3. The third kappa shape index (κ3) is 1.76. The summed E-state index contributed by atoms with van der Waals surface area (Å²) < 4.78 is 15.8. The molecule has 4 rings (SSSR count). The highest BCUT2D eigenvalue weighted by molar-refractivity contribution is 6.00. The fraction of sp³-hybridized carbons (Fsp3) is 0.300. The van der Waals surface area contributed by atoms with Crippen LogP contribution in [0.3, 0.4) is 0 Å². The minimum Gasteiger partial charge on any atom is -0.338 e. The minimum atomic E-state index is -0.185. The lowest BCUT2D eigenvalue weighted by Crippen LogP contribution is -2.31. The SMILES string of the molecule is Cc1c(-c2ccc(F)cc2)c2cccc3c2n1C(C)(C)CC3. The van der Waals surface area contributed by atoms with Crippen molar-refractivity contribution in [3.8, 4) is 11.1 Å². The third-order valence-corrected chi connectivity index (χ3v) is 5.05. The molecule has 0 unspecified atom stereocenters. The van der Waals surface area contributed by atoms with Gasteiger partial charge in [0, 0.05) is 22.2 Å². The monoisotopic (exact) mass is 293 g/mol. The molecule has 112 valence electrons. The number of para-hydroxylation sites is 1. The second-order valence-corrected chi connectivity index (χ2v) is 6.93. The van der Waals surface area contributed by atoms with Gasteiger partial charge in [-0.05, 0) is 56.9 Å². The van der Waals surface area contributed by atoms with E-state index in [0.717, 1.165) is 18.4 Å². The fourth-order valence-electron chi connectivity index (χ4n) is 4.02. The van der Waals surface area contributed by atoms with Crippen molar-refractivity contribution in [2.24, 2.45) is 0 Å². The molecular formula is C20H20FN. The summed E-state index contributed by atoms with van der Waals surface area (Å²) in [5.41, 5.74) is 6.52. The number of halogens is 1. The number of aryl methyl sites for hydroxylation is 1. The van der Waals surface area contributed by atoms with Gasteiger partial charge in [-0.25, -0.2) is 4.39 Å². The highest BCUT2D eigenvalue weighted by Gasteiger charge is 2.31. The first-order valence-electron chi connectivity index (χ1n) is 7.88. The van der Waals surface area contributed by atoms with Gasteiger partial charge in [0.05, 0.1) is 5.52 Å². The molecule has 1 aliphatic heterocycles. The molecule has 0 aliphatic carbocycles. The Morgan fingerprint density at radius 1 is 1.05 bits per heavy atom. The Labute approximate surface area is 130 Å². The molecule has 3 aromatic rings. The van der Waals surface area contributed by atoms with Crippen LogP contribution in [-0.2, 0) is 12.0 Å². The number of nitrogens with zero attached hydrogens (tertiary/aromatic N) is 1. The van der Waals surface area contributed by atoms with Crippen molar-refractivity contribution in [2.75, 3.05) is 0 Å². The summed E-state index contributed by atoms with van der Waals surface area (Å²) >= 11 is 0. The average molecular weight is 293 g/mol. The molecule has 0 saturated heterocycles. The number of benzene rings is 2. The van der Waals surface area contributed by atoms with E-state index in [-0.39, 0.29) is 11.4 Å². The van der Waals surface area contributed by atoms with E-state index in [1.165, 1.54) is 27.7 Å². The molecule has 2 heteroatoms. The Bertz CT molecular complexity index is 869. The molecule has 0 bridgehead atoms. The zero-order chi connectivity index (χ0) is 15.5. The number of aromatic nitrogens is 1. The van der Waals surface area contributed by atoms with Gasteiger partial charge in [0.25, 0.3) is 0 Å². The van der Waals surface area contributed by atoms with Crippen LogP contribution in [0.25, 0.3) is 22.0 Å². The largest absolute Gasteiger partial charge is 0.338 e. The van der Waals surface area contributed by atoms with Gasteiger partial charge in [0.2, 0.25) is 0 Å². The van der Waals surface area contributed by atoms with Crippen molar-refractivity contribution in [3.05, 3.63) is 59.5 Å². The van der Waals surface area contributed by atoms with E-state index in [2.05, 4.69) is 43.5 Å². The van der Waals surface area contributed by atoms with E-state index in [1.54, 1.807) is 12.1 Å². The predicted octanol–water partition coefficient (Wildman–Crippen LogP) is 5.44. The summed E-state index contributed by atoms with van der Waals surface area (Å²) in [6, 6.07) is 13.5. The Kier molecular flexibility index (Phi) is 2.75. The summed E-state index contributed by atoms with van der Waals surface area (Å²) in [6.45, 7) is 6.81. The van der Waals surface area contributed by atoms with Crippen molar-refractivity contribution in [1.29, 1.82) is 0 Å². The fourth-order valence-corrected chi connectivity index (χ4v) is 4.02. The number of rotatable bonds is 1.